The van der Waals surface area contributed by atoms with Crippen LogP contribution in [0.5, 0.6) is 0 Å². The fraction of sp³-hybridized carbons (Fsp3) is 0.0667. The molecule has 0 radical (unpaired) electrons. The van der Waals surface area contributed by atoms with Gasteiger partial charge in [0.25, 0.3) is 0 Å². The van der Waals surface area contributed by atoms with Crippen molar-refractivity contribution in [2.75, 3.05) is 0 Å². The van der Waals surface area contributed by atoms with Crippen LogP contribution in [-0.4, -0.2) is 9.97 Å². The fourth-order valence-corrected chi connectivity index (χ4v) is 6.51. The van der Waals surface area contributed by atoms with Gasteiger partial charge in [-0.05, 0) is 63.6 Å². The van der Waals surface area contributed by atoms with Gasteiger partial charge >= 0.3 is 0 Å². The van der Waals surface area contributed by atoms with Crippen LogP contribution in [0.2, 0.25) is 0 Å². The summed E-state index contributed by atoms with van der Waals surface area (Å²) in [5, 5.41) is 2.49. The van der Waals surface area contributed by atoms with Crippen LogP contribution in [0.15, 0.2) is 97.3 Å². The summed E-state index contributed by atoms with van der Waals surface area (Å²) in [6.07, 6.45) is 3.85. The first kappa shape index (κ1) is 18.7. The number of nitrogens with zero attached hydrogens (tertiary/aromatic N) is 2. The van der Waals surface area contributed by atoms with E-state index in [-0.39, 0.29) is 0 Å². The Morgan fingerprint density at radius 2 is 1.48 bits per heavy atom. The van der Waals surface area contributed by atoms with Crippen LogP contribution in [0.4, 0.5) is 0 Å². The van der Waals surface area contributed by atoms with Crippen LogP contribution in [0.3, 0.4) is 0 Å². The van der Waals surface area contributed by atoms with E-state index >= 15 is 0 Å². The third-order valence-corrected chi connectivity index (χ3v) is 7.96. The molecule has 33 heavy (non-hydrogen) atoms. The lowest BCUT2D eigenvalue weighted by molar-refractivity contribution is 0.953. The van der Waals surface area contributed by atoms with E-state index in [1.165, 1.54) is 48.2 Å². The summed E-state index contributed by atoms with van der Waals surface area (Å²) in [4.78, 5) is 10.9. The van der Waals surface area contributed by atoms with E-state index in [1.54, 1.807) is 6.33 Å². The fourth-order valence-electron chi connectivity index (χ4n) is 5.14. The number of rotatable bonds is 2. The molecule has 2 aromatic heterocycles. The van der Waals surface area contributed by atoms with Gasteiger partial charge in [0.2, 0.25) is 0 Å². The number of hydrogen-bond acceptors (Lipinski definition) is 3. The van der Waals surface area contributed by atoms with Crippen molar-refractivity contribution in [3.8, 4) is 32.8 Å². The number of hydrogen-bond donors (Lipinski definition) is 0. The van der Waals surface area contributed by atoms with Crippen molar-refractivity contribution in [1.82, 2.24) is 9.97 Å². The molecule has 6 aromatic rings. The Morgan fingerprint density at radius 3 is 2.42 bits per heavy atom. The highest BCUT2D eigenvalue weighted by Gasteiger charge is 2.24. The summed E-state index contributed by atoms with van der Waals surface area (Å²) >= 11 is 1.85. The second-order valence-corrected chi connectivity index (χ2v) is 9.60. The van der Waals surface area contributed by atoms with Gasteiger partial charge in [-0.25, -0.2) is 9.97 Å². The van der Waals surface area contributed by atoms with E-state index in [4.69, 9.17) is 9.97 Å². The molecule has 0 saturated carbocycles. The zero-order valence-electron chi connectivity index (χ0n) is 18.0. The van der Waals surface area contributed by atoms with E-state index in [2.05, 4.69) is 91.0 Å². The predicted octanol–water partition coefficient (Wildman–Crippen LogP) is 7.94. The Morgan fingerprint density at radius 1 is 0.667 bits per heavy atom. The van der Waals surface area contributed by atoms with Crippen molar-refractivity contribution in [2.45, 2.75) is 12.8 Å². The van der Waals surface area contributed by atoms with E-state index in [0.717, 1.165) is 29.6 Å². The summed E-state index contributed by atoms with van der Waals surface area (Å²) in [6, 6.07) is 32.6. The quantitative estimate of drug-likeness (QED) is 0.273. The minimum absolute atomic E-state index is 1.03. The van der Waals surface area contributed by atoms with Gasteiger partial charge in [0.05, 0.1) is 15.9 Å². The monoisotopic (exact) mass is 440 g/mol. The molecular weight excluding hydrogens is 420 g/mol. The Bertz CT molecular complexity index is 1660. The SMILES string of the molecule is c1ccc(-c2cc(-c3ncnc4c5c(sc34)-c3ccccc3CC5)cc3ccccc23)cc1. The van der Waals surface area contributed by atoms with Gasteiger partial charge in [0.15, 0.2) is 0 Å². The summed E-state index contributed by atoms with van der Waals surface area (Å²) < 4.78 is 1.19. The van der Waals surface area contributed by atoms with Gasteiger partial charge in [0, 0.05) is 10.4 Å². The molecule has 1 aliphatic rings. The molecule has 2 nitrogen and oxygen atoms in total. The van der Waals surface area contributed by atoms with E-state index in [1.807, 2.05) is 11.3 Å². The molecule has 3 heteroatoms. The molecule has 156 valence electrons. The van der Waals surface area contributed by atoms with Gasteiger partial charge in [-0.15, -0.1) is 11.3 Å². The van der Waals surface area contributed by atoms with Crippen LogP contribution in [0.25, 0.3) is 53.8 Å². The Labute approximate surface area is 196 Å². The van der Waals surface area contributed by atoms with Crippen LogP contribution < -0.4 is 0 Å². The first-order valence-electron chi connectivity index (χ1n) is 11.3. The second-order valence-electron chi connectivity index (χ2n) is 8.58. The highest BCUT2D eigenvalue weighted by atomic mass is 32.1. The average Bonchev–Trinajstić information content (AvgIpc) is 3.28. The van der Waals surface area contributed by atoms with Gasteiger partial charge in [0.1, 0.15) is 6.33 Å². The largest absolute Gasteiger partial charge is 0.235 e. The molecule has 0 unspecified atom stereocenters. The minimum atomic E-state index is 1.03. The molecule has 0 aliphatic heterocycles. The normalized spacial score (nSPS) is 12.6. The lowest BCUT2D eigenvalue weighted by Crippen LogP contribution is -2.01. The third kappa shape index (κ3) is 2.93. The van der Waals surface area contributed by atoms with Crippen LogP contribution in [0, 0.1) is 0 Å². The molecule has 0 N–H and O–H groups in total. The maximum absolute atomic E-state index is 4.82. The average molecular weight is 441 g/mol. The van der Waals surface area contributed by atoms with Gasteiger partial charge in [-0.1, -0.05) is 78.9 Å². The minimum Gasteiger partial charge on any atom is -0.235 e. The number of aryl methyl sites for hydroxylation is 2. The highest BCUT2D eigenvalue weighted by molar-refractivity contribution is 7.23. The molecule has 4 aromatic carbocycles. The van der Waals surface area contributed by atoms with Crippen LogP contribution >= 0.6 is 11.3 Å². The van der Waals surface area contributed by atoms with Crippen molar-refractivity contribution >= 4 is 32.3 Å². The maximum atomic E-state index is 4.82. The van der Waals surface area contributed by atoms with Crippen LogP contribution in [0.1, 0.15) is 11.1 Å². The molecular formula is C30H20N2S. The molecule has 0 atom stereocenters. The zero-order valence-corrected chi connectivity index (χ0v) is 18.8. The van der Waals surface area contributed by atoms with Gasteiger partial charge in [-0.3, -0.25) is 0 Å². The highest BCUT2D eigenvalue weighted by Crippen LogP contribution is 2.46. The Kier molecular flexibility index (Phi) is 4.18. The smallest absolute Gasteiger partial charge is 0.116 e. The van der Waals surface area contributed by atoms with E-state index in [9.17, 15) is 0 Å². The van der Waals surface area contributed by atoms with Crippen molar-refractivity contribution < 1.29 is 0 Å². The molecule has 0 amide bonds. The predicted molar refractivity (Wildman–Crippen MR) is 139 cm³/mol. The standard InChI is InChI=1S/C30H20N2S/c1-2-8-19(9-3-1)26-17-22(16-21-11-5-6-12-23(21)26)27-30-28(32-18-31-27)25-15-14-20-10-4-7-13-24(20)29(25)33-30/h1-13,16-18H,14-15H2. The lowest BCUT2D eigenvalue weighted by Gasteiger charge is -2.15. The summed E-state index contributed by atoms with van der Waals surface area (Å²) in [5.74, 6) is 0. The molecule has 7 rings (SSSR count). The van der Waals surface area contributed by atoms with Crippen molar-refractivity contribution in [1.29, 1.82) is 0 Å². The zero-order chi connectivity index (χ0) is 21.8. The molecule has 0 spiro atoms. The summed E-state index contributed by atoms with van der Waals surface area (Å²) in [6.45, 7) is 0. The molecule has 0 saturated heterocycles. The third-order valence-electron chi connectivity index (χ3n) is 6.69. The van der Waals surface area contributed by atoms with Crippen molar-refractivity contribution in [2.24, 2.45) is 0 Å². The first-order valence-corrected chi connectivity index (χ1v) is 12.1. The van der Waals surface area contributed by atoms with E-state index < -0.39 is 0 Å². The summed E-state index contributed by atoms with van der Waals surface area (Å²) in [5.41, 5.74) is 9.92. The lowest BCUT2D eigenvalue weighted by atomic mass is 9.90. The van der Waals surface area contributed by atoms with E-state index in [0.29, 0.717) is 0 Å². The Balaban J connectivity index is 1.50. The molecule has 0 fully saturated rings. The second kappa shape index (κ2) is 7.36. The topological polar surface area (TPSA) is 25.8 Å². The first-order chi connectivity index (χ1) is 16.4. The van der Waals surface area contributed by atoms with Crippen LogP contribution in [-0.2, 0) is 12.8 Å². The number of benzene rings is 4. The van der Waals surface area contributed by atoms with Crippen molar-refractivity contribution in [3.63, 3.8) is 0 Å². The molecule has 1 aliphatic carbocycles. The number of thiophene rings is 1. The van der Waals surface area contributed by atoms with Gasteiger partial charge < -0.3 is 0 Å². The van der Waals surface area contributed by atoms with Crippen molar-refractivity contribution in [3.05, 3.63) is 108 Å². The number of aromatic nitrogens is 2. The number of fused-ring (bicyclic) bond motifs is 6. The molecule has 0 bridgehead atoms. The summed E-state index contributed by atoms with van der Waals surface area (Å²) in [7, 11) is 0. The maximum Gasteiger partial charge on any atom is 0.116 e. The van der Waals surface area contributed by atoms with Gasteiger partial charge in [-0.2, -0.15) is 0 Å². The molecule has 2 heterocycles. The Hall–Kier alpha value is -3.82.